The third-order valence-electron chi connectivity index (χ3n) is 7.41. The highest BCUT2D eigenvalue weighted by Gasteiger charge is 2.38. The topological polar surface area (TPSA) is 82.2 Å². The van der Waals surface area contributed by atoms with Gasteiger partial charge in [-0.15, -0.1) is 0 Å². The van der Waals surface area contributed by atoms with Crippen molar-refractivity contribution in [3.8, 4) is 0 Å². The highest BCUT2D eigenvalue weighted by Crippen LogP contribution is 2.33. The standard InChI is InChI=1S/C27H37ClN4O4/c1-3-32-22(18-30-13-8-14-31(16-15-30)25(33)19-9-5-6-10-19)23(26(34)36-4-2)24(29-27(32)35)20-11-7-12-21(28)17-20/h7,11-12,17,19,24H,3-6,8-10,13-16,18H2,1-2H3,(H,29,35). The number of benzene rings is 1. The molecule has 36 heavy (non-hydrogen) atoms. The van der Waals surface area contributed by atoms with Crippen LogP contribution in [-0.2, 0) is 14.3 Å². The molecule has 1 saturated heterocycles. The second-order valence-electron chi connectivity index (χ2n) is 9.70. The lowest BCUT2D eigenvalue weighted by molar-refractivity contribution is -0.139. The van der Waals surface area contributed by atoms with Gasteiger partial charge in [-0.25, -0.2) is 9.59 Å². The monoisotopic (exact) mass is 516 g/mol. The highest BCUT2D eigenvalue weighted by atomic mass is 35.5. The summed E-state index contributed by atoms with van der Waals surface area (Å²) in [6.07, 6.45) is 5.14. The van der Waals surface area contributed by atoms with Crippen LogP contribution in [0.4, 0.5) is 4.79 Å². The number of rotatable bonds is 7. The van der Waals surface area contributed by atoms with Gasteiger partial charge in [0.1, 0.15) is 0 Å². The number of ether oxygens (including phenoxy) is 1. The molecule has 1 aromatic rings. The van der Waals surface area contributed by atoms with E-state index in [2.05, 4.69) is 10.2 Å². The van der Waals surface area contributed by atoms with E-state index < -0.39 is 12.0 Å². The van der Waals surface area contributed by atoms with Crippen molar-refractivity contribution in [2.24, 2.45) is 5.92 Å². The molecular weight excluding hydrogens is 480 g/mol. The Morgan fingerprint density at radius 2 is 1.86 bits per heavy atom. The Morgan fingerprint density at radius 1 is 1.08 bits per heavy atom. The van der Waals surface area contributed by atoms with E-state index >= 15 is 0 Å². The van der Waals surface area contributed by atoms with Crippen LogP contribution in [0.3, 0.4) is 0 Å². The smallest absolute Gasteiger partial charge is 0.338 e. The summed E-state index contributed by atoms with van der Waals surface area (Å²) < 4.78 is 5.46. The van der Waals surface area contributed by atoms with Gasteiger partial charge >= 0.3 is 12.0 Å². The molecule has 0 radical (unpaired) electrons. The number of carbonyl (C=O) groups excluding carboxylic acids is 3. The second-order valence-corrected chi connectivity index (χ2v) is 10.1. The maximum Gasteiger partial charge on any atom is 0.338 e. The van der Waals surface area contributed by atoms with E-state index in [4.69, 9.17) is 16.3 Å². The highest BCUT2D eigenvalue weighted by molar-refractivity contribution is 6.30. The van der Waals surface area contributed by atoms with Crippen LogP contribution in [-0.4, -0.2) is 78.5 Å². The number of halogens is 1. The normalized spacial score (nSPS) is 22.0. The van der Waals surface area contributed by atoms with Gasteiger partial charge in [0.15, 0.2) is 0 Å². The predicted molar refractivity (Wildman–Crippen MR) is 138 cm³/mol. The Morgan fingerprint density at radius 3 is 2.56 bits per heavy atom. The van der Waals surface area contributed by atoms with Crippen molar-refractivity contribution in [1.29, 1.82) is 0 Å². The third-order valence-corrected chi connectivity index (χ3v) is 7.65. The molecule has 8 nitrogen and oxygen atoms in total. The molecule has 1 aromatic carbocycles. The molecule has 196 valence electrons. The van der Waals surface area contributed by atoms with Crippen LogP contribution < -0.4 is 5.32 Å². The Bertz CT molecular complexity index is 1010. The molecule has 3 amide bonds. The van der Waals surface area contributed by atoms with Crippen LogP contribution in [0.15, 0.2) is 35.5 Å². The van der Waals surface area contributed by atoms with Gasteiger partial charge in [0.05, 0.1) is 18.2 Å². The first-order valence-electron chi connectivity index (χ1n) is 13.2. The summed E-state index contributed by atoms with van der Waals surface area (Å²) in [5.74, 6) is 0.0172. The van der Waals surface area contributed by atoms with E-state index in [1.165, 1.54) is 0 Å². The fraction of sp³-hybridized carbons (Fsp3) is 0.593. The van der Waals surface area contributed by atoms with Gasteiger partial charge in [-0.3, -0.25) is 14.6 Å². The maximum atomic E-state index is 13.3. The molecule has 3 aliphatic rings. The summed E-state index contributed by atoms with van der Waals surface area (Å²) in [6, 6.07) is 6.29. The molecule has 0 aromatic heterocycles. The van der Waals surface area contributed by atoms with Gasteiger partial charge < -0.3 is 15.0 Å². The Hall–Kier alpha value is -2.58. The van der Waals surface area contributed by atoms with Crippen LogP contribution in [0, 0.1) is 5.92 Å². The number of urea groups is 1. The van der Waals surface area contributed by atoms with Gasteiger partial charge in [-0.05, 0) is 50.8 Å². The first kappa shape index (κ1) is 26.5. The van der Waals surface area contributed by atoms with E-state index in [0.717, 1.165) is 50.8 Å². The fourth-order valence-electron chi connectivity index (χ4n) is 5.59. The molecule has 4 rings (SSSR count). The minimum Gasteiger partial charge on any atom is -0.463 e. The second kappa shape index (κ2) is 12.1. The zero-order valence-electron chi connectivity index (χ0n) is 21.3. The van der Waals surface area contributed by atoms with Crippen LogP contribution in [0.1, 0.15) is 57.6 Å². The number of esters is 1. The molecule has 1 unspecified atom stereocenters. The van der Waals surface area contributed by atoms with Crippen molar-refractivity contribution in [3.63, 3.8) is 0 Å². The van der Waals surface area contributed by atoms with Crippen molar-refractivity contribution in [2.75, 3.05) is 45.9 Å². The molecule has 2 fully saturated rings. The van der Waals surface area contributed by atoms with E-state index in [0.29, 0.717) is 42.5 Å². The lowest BCUT2D eigenvalue weighted by Gasteiger charge is -2.38. The largest absolute Gasteiger partial charge is 0.463 e. The average Bonchev–Trinajstić information content (AvgIpc) is 3.30. The summed E-state index contributed by atoms with van der Waals surface area (Å²) in [7, 11) is 0. The van der Waals surface area contributed by atoms with Gasteiger partial charge in [0, 0.05) is 55.9 Å². The number of carbonyl (C=O) groups is 3. The summed E-state index contributed by atoms with van der Waals surface area (Å²) in [5, 5.41) is 3.51. The van der Waals surface area contributed by atoms with Crippen molar-refractivity contribution >= 4 is 29.5 Å². The van der Waals surface area contributed by atoms with Gasteiger partial charge in [0.2, 0.25) is 5.91 Å². The summed E-state index contributed by atoms with van der Waals surface area (Å²) in [6.45, 7) is 7.65. The first-order chi connectivity index (χ1) is 17.4. The van der Waals surface area contributed by atoms with Crippen LogP contribution in [0.5, 0.6) is 0 Å². The van der Waals surface area contributed by atoms with E-state index in [-0.39, 0.29) is 24.5 Å². The predicted octanol–water partition coefficient (Wildman–Crippen LogP) is 3.97. The average molecular weight is 517 g/mol. The van der Waals surface area contributed by atoms with E-state index in [9.17, 15) is 14.4 Å². The van der Waals surface area contributed by atoms with Crippen LogP contribution >= 0.6 is 11.6 Å². The van der Waals surface area contributed by atoms with Gasteiger partial charge in [-0.1, -0.05) is 36.6 Å². The Kier molecular flexibility index (Phi) is 8.90. The molecule has 1 saturated carbocycles. The summed E-state index contributed by atoms with van der Waals surface area (Å²) in [5.41, 5.74) is 1.82. The number of amides is 3. The lowest BCUT2D eigenvalue weighted by atomic mass is 9.94. The molecule has 2 heterocycles. The number of hydrogen-bond donors (Lipinski definition) is 1. The molecule has 9 heteroatoms. The molecule has 1 atom stereocenters. The van der Waals surface area contributed by atoms with Crippen LogP contribution in [0.25, 0.3) is 0 Å². The van der Waals surface area contributed by atoms with Gasteiger partial charge in [-0.2, -0.15) is 0 Å². The Balaban J connectivity index is 1.61. The van der Waals surface area contributed by atoms with E-state index in [1.807, 2.05) is 24.0 Å². The van der Waals surface area contributed by atoms with Crippen LogP contribution in [0.2, 0.25) is 5.02 Å². The molecular formula is C27H37ClN4O4. The number of nitrogens with one attached hydrogen (secondary N) is 1. The SMILES string of the molecule is CCOC(=O)C1=C(CN2CCCN(C(=O)C3CCCC3)CC2)N(CC)C(=O)NC1c1cccc(Cl)c1. The quantitative estimate of drug-likeness (QED) is 0.554. The number of likely N-dealkylation sites (N-methyl/N-ethyl adjacent to an activating group) is 1. The fourth-order valence-corrected chi connectivity index (χ4v) is 5.78. The minimum atomic E-state index is -0.652. The molecule has 1 aliphatic carbocycles. The Labute approximate surface area is 218 Å². The molecule has 0 spiro atoms. The van der Waals surface area contributed by atoms with Crippen molar-refractivity contribution < 1.29 is 19.1 Å². The van der Waals surface area contributed by atoms with E-state index in [1.54, 1.807) is 24.0 Å². The van der Waals surface area contributed by atoms with Crippen molar-refractivity contribution in [2.45, 2.75) is 52.0 Å². The maximum absolute atomic E-state index is 13.3. The summed E-state index contributed by atoms with van der Waals surface area (Å²) in [4.78, 5) is 45.3. The molecule has 1 N–H and O–H groups in total. The van der Waals surface area contributed by atoms with Crippen molar-refractivity contribution in [3.05, 3.63) is 46.1 Å². The first-order valence-corrected chi connectivity index (χ1v) is 13.6. The number of hydrogen-bond acceptors (Lipinski definition) is 5. The lowest BCUT2D eigenvalue weighted by Crippen LogP contribution is -2.51. The third kappa shape index (κ3) is 5.86. The number of nitrogens with zero attached hydrogens (tertiary/aromatic N) is 3. The zero-order valence-corrected chi connectivity index (χ0v) is 22.1. The molecule has 2 aliphatic heterocycles. The molecule has 0 bridgehead atoms. The zero-order chi connectivity index (χ0) is 25.7. The summed E-state index contributed by atoms with van der Waals surface area (Å²) >= 11 is 6.25. The van der Waals surface area contributed by atoms with Crippen molar-refractivity contribution in [1.82, 2.24) is 20.0 Å². The van der Waals surface area contributed by atoms with Gasteiger partial charge in [0.25, 0.3) is 0 Å². The minimum absolute atomic E-state index is 0.172.